The van der Waals surface area contributed by atoms with Gasteiger partial charge in [-0.1, -0.05) is 29.9 Å². The number of halogens is 2. The third-order valence-corrected chi connectivity index (χ3v) is 3.04. The van der Waals surface area contributed by atoms with E-state index < -0.39 is 5.82 Å². The van der Waals surface area contributed by atoms with Crippen LogP contribution in [0.5, 0.6) is 0 Å². The molecule has 0 saturated carbocycles. The van der Waals surface area contributed by atoms with Crippen LogP contribution in [0.4, 0.5) is 15.9 Å². The summed E-state index contributed by atoms with van der Waals surface area (Å²) < 4.78 is 13.7. The quantitative estimate of drug-likeness (QED) is 0.850. The summed E-state index contributed by atoms with van der Waals surface area (Å²) in [6, 6.07) is 7.94. The molecule has 2 aromatic rings. The molecule has 0 fully saturated rings. The monoisotopic (exact) mass is 295 g/mol. The third kappa shape index (κ3) is 3.00. The Morgan fingerprint density at radius 3 is 2.74 bits per heavy atom. The first-order chi connectivity index (χ1) is 8.99. The minimum Gasteiger partial charge on any atom is -0.389 e. The third-order valence-electron chi connectivity index (χ3n) is 2.51. The Kier molecular flexibility index (Phi) is 3.97. The van der Waals surface area contributed by atoms with Gasteiger partial charge in [-0.3, -0.25) is 0 Å². The predicted molar refractivity (Wildman–Crippen MR) is 79.6 cm³/mol. The van der Waals surface area contributed by atoms with E-state index >= 15 is 0 Å². The molecular weight excluding hydrogens is 285 g/mol. The Morgan fingerprint density at radius 1 is 1.37 bits per heavy atom. The van der Waals surface area contributed by atoms with E-state index in [2.05, 4.69) is 10.3 Å². The van der Waals surface area contributed by atoms with Crippen molar-refractivity contribution in [3.8, 4) is 0 Å². The van der Waals surface area contributed by atoms with Gasteiger partial charge < -0.3 is 11.1 Å². The van der Waals surface area contributed by atoms with E-state index in [0.29, 0.717) is 11.4 Å². The SMILES string of the molecule is Cc1ccc(C(N)=S)c(Nc2c(F)cccc2Cl)n1. The standard InChI is InChI=1S/C13H11ClFN3S/c1-7-5-6-8(12(16)19)13(17-7)18-11-9(14)3-2-4-10(11)15/h2-6H,1H3,(H2,16,19)(H,17,18). The topological polar surface area (TPSA) is 50.9 Å². The van der Waals surface area contributed by atoms with E-state index in [-0.39, 0.29) is 15.7 Å². The van der Waals surface area contributed by atoms with Crippen molar-refractivity contribution >= 4 is 40.3 Å². The van der Waals surface area contributed by atoms with Crippen LogP contribution < -0.4 is 11.1 Å². The first kappa shape index (κ1) is 13.7. The highest BCUT2D eigenvalue weighted by molar-refractivity contribution is 7.80. The van der Waals surface area contributed by atoms with Crippen LogP contribution in [0, 0.1) is 12.7 Å². The van der Waals surface area contributed by atoms with Crippen LogP contribution in [-0.4, -0.2) is 9.97 Å². The number of nitrogens with one attached hydrogen (secondary N) is 1. The second-order valence-corrected chi connectivity index (χ2v) is 4.78. The molecule has 0 amide bonds. The number of pyridine rings is 1. The summed E-state index contributed by atoms with van der Waals surface area (Å²) in [5.41, 5.74) is 7.07. The van der Waals surface area contributed by atoms with Crippen LogP contribution in [0.25, 0.3) is 0 Å². The molecule has 1 heterocycles. The Balaban J connectivity index is 2.49. The second kappa shape index (κ2) is 5.50. The van der Waals surface area contributed by atoms with Gasteiger partial charge in [-0.25, -0.2) is 9.37 Å². The van der Waals surface area contributed by atoms with Gasteiger partial charge in [0.05, 0.1) is 16.3 Å². The summed E-state index contributed by atoms with van der Waals surface area (Å²) in [4.78, 5) is 4.45. The van der Waals surface area contributed by atoms with Crippen molar-refractivity contribution < 1.29 is 4.39 Å². The van der Waals surface area contributed by atoms with Crippen molar-refractivity contribution in [3.63, 3.8) is 0 Å². The van der Waals surface area contributed by atoms with Gasteiger partial charge in [0, 0.05) is 5.69 Å². The van der Waals surface area contributed by atoms with Crippen LogP contribution in [0.3, 0.4) is 0 Å². The fourth-order valence-electron chi connectivity index (χ4n) is 1.59. The highest BCUT2D eigenvalue weighted by Crippen LogP contribution is 2.28. The van der Waals surface area contributed by atoms with E-state index in [1.54, 1.807) is 18.2 Å². The highest BCUT2D eigenvalue weighted by Gasteiger charge is 2.12. The van der Waals surface area contributed by atoms with E-state index in [1.807, 2.05) is 6.92 Å². The summed E-state index contributed by atoms with van der Waals surface area (Å²) in [5.74, 6) is -0.0794. The molecule has 0 aliphatic heterocycles. The molecule has 1 aromatic heterocycles. The van der Waals surface area contributed by atoms with Gasteiger partial charge in [-0.2, -0.15) is 0 Å². The minimum atomic E-state index is -0.468. The molecule has 0 bridgehead atoms. The fraction of sp³-hybridized carbons (Fsp3) is 0.0769. The number of hydrogen-bond acceptors (Lipinski definition) is 3. The largest absolute Gasteiger partial charge is 0.389 e. The second-order valence-electron chi connectivity index (χ2n) is 3.93. The van der Waals surface area contributed by atoms with Crippen molar-refractivity contribution in [1.29, 1.82) is 0 Å². The molecule has 3 nitrogen and oxygen atoms in total. The van der Waals surface area contributed by atoms with Gasteiger partial charge in [-0.05, 0) is 31.2 Å². The molecule has 0 radical (unpaired) electrons. The number of nitrogens with zero attached hydrogens (tertiary/aromatic N) is 1. The van der Waals surface area contributed by atoms with Gasteiger partial charge in [0.2, 0.25) is 0 Å². The first-order valence-corrected chi connectivity index (χ1v) is 6.26. The Morgan fingerprint density at radius 2 is 2.11 bits per heavy atom. The lowest BCUT2D eigenvalue weighted by molar-refractivity contribution is 0.632. The fourth-order valence-corrected chi connectivity index (χ4v) is 1.96. The van der Waals surface area contributed by atoms with Crippen molar-refractivity contribution in [2.45, 2.75) is 6.92 Å². The van der Waals surface area contributed by atoms with Crippen molar-refractivity contribution in [2.75, 3.05) is 5.32 Å². The van der Waals surface area contributed by atoms with E-state index in [1.165, 1.54) is 12.1 Å². The molecular formula is C13H11ClFN3S. The molecule has 0 atom stereocenters. The van der Waals surface area contributed by atoms with Gasteiger partial charge in [0.1, 0.15) is 16.6 Å². The molecule has 2 rings (SSSR count). The number of hydrogen-bond donors (Lipinski definition) is 2. The van der Waals surface area contributed by atoms with Crippen molar-refractivity contribution in [1.82, 2.24) is 4.98 Å². The number of aromatic nitrogens is 1. The molecule has 6 heteroatoms. The number of rotatable bonds is 3. The lowest BCUT2D eigenvalue weighted by Crippen LogP contribution is -2.13. The Bertz CT molecular complexity index is 626. The molecule has 0 aliphatic carbocycles. The van der Waals surface area contributed by atoms with Crippen molar-refractivity contribution in [3.05, 3.63) is 52.4 Å². The number of aryl methyl sites for hydroxylation is 1. The van der Waals surface area contributed by atoms with Crippen LogP contribution >= 0.6 is 23.8 Å². The summed E-state index contributed by atoms with van der Waals surface area (Å²) in [7, 11) is 0. The molecule has 0 unspecified atom stereocenters. The maximum Gasteiger partial charge on any atom is 0.148 e. The molecule has 3 N–H and O–H groups in total. The zero-order valence-corrected chi connectivity index (χ0v) is 11.6. The van der Waals surface area contributed by atoms with Crippen molar-refractivity contribution in [2.24, 2.45) is 5.73 Å². The first-order valence-electron chi connectivity index (χ1n) is 5.47. The van der Waals surface area contributed by atoms with Gasteiger partial charge in [0.15, 0.2) is 0 Å². The Hall–Kier alpha value is -1.72. The minimum absolute atomic E-state index is 0.153. The van der Waals surface area contributed by atoms with Crippen LogP contribution in [0.1, 0.15) is 11.3 Å². The smallest absolute Gasteiger partial charge is 0.148 e. The van der Waals surface area contributed by atoms with E-state index in [9.17, 15) is 4.39 Å². The molecule has 0 spiro atoms. The summed E-state index contributed by atoms with van der Waals surface area (Å²) in [6.45, 7) is 1.82. The van der Waals surface area contributed by atoms with E-state index in [4.69, 9.17) is 29.6 Å². The number of para-hydroxylation sites is 1. The van der Waals surface area contributed by atoms with Gasteiger partial charge >= 0.3 is 0 Å². The highest BCUT2D eigenvalue weighted by atomic mass is 35.5. The van der Waals surface area contributed by atoms with Crippen LogP contribution in [-0.2, 0) is 0 Å². The molecule has 0 aliphatic rings. The number of benzene rings is 1. The summed E-state index contributed by atoms with van der Waals surface area (Å²) in [6.07, 6.45) is 0. The molecule has 98 valence electrons. The number of nitrogens with two attached hydrogens (primary N) is 1. The number of thiocarbonyl (C=S) groups is 1. The zero-order chi connectivity index (χ0) is 14.0. The molecule has 0 saturated heterocycles. The number of anilines is 2. The maximum absolute atomic E-state index is 13.7. The zero-order valence-electron chi connectivity index (χ0n) is 10.1. The summed E-state index contributed by atoms with van der Waals surface area (Å²) >= 11 is 10.9. The van der Waals surface area contributed by atoms with Crippen LogP contribution in [0.2, 0.25) is 5.02 Å². The Labute approximate surface area is 120 Å². The molecule has 1 aromatic carbocycles. The average Bonchev–Trinajstić information content (AvgIpc) is 2.33. The maximum atomic E-state index is 13.7. The normalized spacial score (nSPS) is 10.3. The lowest BCUT2D eigenvalue weighted by atomic mass is 10.2. The van der Waals surface area contributed by atoms with Crippen LogP contribution in [0.15, 0.2) is 30.3 Å². The van der Waals surface area contributed by atoms with Gasteiger partial charge in [0.25, 0.3) is 0 Å². The predicted octanol–water partition coefficient (Wildman–Crippen LogP) is 3.56. The van der Waals surface area contributed by atoms with E-state index in [0.717, 1.165) is 5.69 Å². The van der Waals surface area contributed by atoms with Gasteiger partial charge in [-0.15, -0.1) is 0 Å². The lowest BCUT2D eigenvalue weighted by Gasteiger charge is -2.12. The summed E-state index contributed by atoms with van der Waals surface area (Å²) in [5, 5.41) is 3.11. The average molecular weight is 296 g/mol. The molecule has 19 heavy (non-hydrogen) atoms.